The molecule has 1 aromatic carbocycles. The largest absolute Gasteiger partial charge is 0.632 e. The van der Waals surface area contributed by atoms with Gasteiger partial charge in [0.05, 0.1) is 5.69 Å². The van der Waals surface area contributed by atoms with Gasteiger partial charge < -0.3 is 4.89 Å². The highest BCUT2D eigenvalue weighted by Gasteiger charge is 2.36. The lowest BCUT2D eigenvalue weighted by molar-refractivity contribution is -0.177. The maximum Gasteiger partial charge on any atom is 0.201 e. The van der Waals surface area contributed by atoms with Gasteiger partial charge in [-0.3, -0.25) is 0 Å². The van der Waals surface area contributed by atoms with E-state index in [4.69, 9.17) is 0 Å². The minimum absolute atomic E-state index is 0.142. The van der Waals surface area contributed by atoms with Crippen LogP contribution in [0.15, 0.2) is 24.3 Å². The third-order valence-corrected chi connectivity index (χ3v) is 4.68. The van der Waals surface area contributed by atoms with Crippen LogP contribution in [0, 0.1) is 12.3 Å². The van der Waals surface area contributed by atoms with Gasteiger partial charge in [-0.15, -0.1) is 0 Å². The van der Waals surface area contributed by atoms with E-state index in [1.165, 1.54) is 5.56 Å². The molecule has 94 valence electrons. The number of anilines is 1. The van der Waals surface area contributed by atoms with Crippen LogP contribution < -0.4 is 20.2 Å². The summed E-state index contributed by atoms with van der Waals surface area (Å²) in [4.78, 5) is 12.4. The second-order valence-corrected chi connectivity index (χ2v) is 7.50. The van der Waals surface area contributed by atoms with Gasteiger partial charge in [0.1, 0.15) is 0 Å². The Labute approximate surface area is 103 Å². The van der Waals surface area contributed by atoms with Gasteiger partial charge in [0, 0.05) is 13.1 Å². The standard InChI is InChI=1S/C12H20N3OP/c1-10-4-6-11(7-5-10)15-17(16)13-8-12(2,3)9-14-17/h4-7H,8-9H2,1-3H3,(H3,13,14,15,16). The van der Waals surface area contributed by atoms with Gasteiger partial charge in [-0.25, -0.2) is 5.09 Å². The quantitative estimate of drug-likeness (QED) is 0.702. The Bertz CT molecular complexity index is 381. The molecule has 0 aromatic heterocycles. The van der Waals surface area contributed by atoms with E-state index >= 15 is 0 Å². The molecule has 0 atom stereocenters. The van der Waals surface area contributed by atoms with Crippen molar-refractivity contribution < 1.29 is 4.89 Å². The number of nitrogens with one attached hydrogen (secondary N) is 3. The molecule has 0 bridgehead atoms. The summed E-state index contributed by atoms with van der Waals surface area (Å²) in [6.07, 6.45) is 0. The Kier molecular flexibility index (Phi) is 3.41. The fraction of sp³-hybridized carbons (Fsp3) is 0.500. The summed E-state index contributed by atoms with van der Waals surface area (Å²) in [6, 6.07) is 7.89. The highest BCUT2D eigenvalue weighted by Crippen LogP contribution is 2.44. The predicted molar refractivity (Wildman–Crippen MR) is 71.5 cm³/mol. The Morgan fingerprint density at radius 1 is 1.18 bits per heavy atom. The molecule has 0 saturated carbocycles. The number of rotatable bonds is 2. The molecule has 1 fully saturated rings. The van der Waals surface area contributed by atoms with Gasteiger partial charge in [-0.1, -0.05) is 31.5 Å². The molecule has 0 spiro atoms. The van der Waals surface area contributed by atoms with Crippen LogP contribution >= 0.6 is 7.94 Å². The van der Waals surface area contributed by atoms with Gasteiger partial charge in [-0.05, 0) is 24.5 Å². The Morgan fingerprint density at radius 2 is 1.71 bits per heavy atom. The average Bonchev–Trinajstić information content (AvgIpc) is 2.27. The minimum Gasteiger partial charge on any atom is -0.632 e. The molecular weight excluding hydrogens is 233 g/mol. The predicted octanol–water partition coefficient (Wildman–Crippen LogP) is 1.66. The molecule has 1 heterocycles. The van der Waals surface area contributed by atoms with E-state index in [0.29, 0.717) is 0 Å². The van der Waals surface area contributed by atoms with Crippen molar-refractivity contribution in [1.82, 2.24) is 10.2 Å². The Morgan fingerprint density at radius 3 is 2.24 bits per heavy atom. The van der Waals surface area contributed by atoms with Crippen molar-refractivity contribution >= 4 is 13.6 Å². The van der Waals surface area contributed by atoms with Gasteiger partial charge in [0.2, 0.25) is 7.94 Å². The van der Waals surface area contributed by atoms with E-state index in [-0.39, 0.29) is 5.41 Å². The summed E-state index contributed by atoms with van der Waals surface area (Å²) in [5.74, 6) is 0. The van der Waals surface area contributed by atoms with Crippen molar-refractivity contribution in [3.8, 4) is 0 Å². The van der Waals surface area contributed by atoms with E-state index in [1.807, 2.05) is 31.2 Å². The molecule has 1 saturated heterocycles. The van der Waals surface area contributed by atoms with Crippen LogP contribution in [0.3, 0.4) is 0 Å². The smallest absolute Gasteiger partial charge is 0.201 e. The van der Waals surface area contributed by atoms with Crippen molar-refractivity contribution in [2.24, 2.45) is 5.41 Å². The molecule has 5 heteroatoms. The molecule has 17 heavy (non-hydrogen) atoms. The van der Waals surface area contributed by atoms with Crippen molar-refractivity contribution in [3.63, 3.8) is 0 Å². The summed E-state index contributed by atoms with van der Waals surface area (Å²) in [6.45, 7) is 7.81. The SMILES string of the molecule is Cc1ccc(N[P+]2([O-])NCC(C)(C)CN2)cc1. The van der Waals surface area contributed by atoms with E-state index in [1.54, 1.807) is 0 Å². The molecule has 1 aliphatic heterocycles. The monoisotopic (exact) mass is 253 g/mol. The van der Waals surface area contributed by atoms with Gasteiger partial charge in [0.15, 0.2) is 0 Å². The maximum atomic E-state index is 12.4. The summed E-state index contributed by atoms with van der Waals surface area (Å²) in [5, 5.41) is 9.22. The molecule has 0 unspecified atom stereocenters. The first-order chi connectivity index (χ1) is 7.89. The molecule has 0 aliphatic carbocycles. The van der Waals surface area contributed by atoms with Gasteiger partial charge in [0.25, 0.3) is 0 Å². The number of hydrogen-bond donors (Lipinski definition) is 3. The lowest BCUT2D eigenvalue weighted by atomic mass is 9.94. The van der Waals surface area contributed by atoms with Gasteiger partial charge in [-0.2, -0.15) is 10.2 Å². The second kappa shape index (κ2) is 4.54. The normalized spacial score (nSPS) is 22.1. The Hall–Kier alpha value is -0.670. The van der Waals surface area contributed by atoms with E-state index < -0.39 is 7.94 Å². The van der Waals surface area contributed by atoms with Crippen LogP contribution in [0.25, 0.3) is 0 Å². The van der Waals surface area contributed by atoms with Crippen molar-refractivity contribution in [1.29, 1.82) is 0 Å². The van der Waals surface area contributed by atoms with Crippen LogP contribution in [0.1, 0.15) is 19.4 Å². The molecule has 2 rings (SSSR count). The lowest BCUT2D eigenvalue weighted by Crippen LogP contribution is -2.53. The number of benzene rings is 1. The molecule has 1 aliphatic rings. The highest BCUT2D eigenvalue weighted by molar-refractivity contribution is 7.66. The summed E-state index contributed by atoms with van der Waals surface area (Å²) in [5.41, 5.74) is 2.21. The number of hydrogen-bond acceptors (Lipinski definition) is 4. The highest BCUT2D eigenvalue weighted by atomic mass is 31.2. The average molecular weight is 253 g/mol. The van der Waals surface area contributed by atoms with Crippen LogP contribution in [-0.2, 0) is 0 Å². The zero-order chi connectivity index (χ0) is 12.5. The Balaban J connectivity index is 2.01. The molecule has 4 nitrogen and oxygen atoms in total. The fourth-order valence-electron chi connectivity index (χ4n) is 1.66. The molecule has 0 amide bonds. The van der Waals surface area contributed by atoms with E-state index in [2.05, 4.69) is 29.1 Å². The van der Waals surface area contributed by atoms with Crippen LogP contribution in [0.5, 0.6) is 0 Å². The molecule has 0 radical (unpaired) electrons. The first-order valence-corrected chi connectivity index (χ1v) is 7.55. The topological polar surface area (TPSA) is 59.1 Å². The van der Waals surface area contributed by atoms with Crippen LogP contribution in [0.2, 0.25) is 0 Å². The van der Waals surface area contributed by atoms with Crippen molar-refractivity contribution in [2.45, 2.75) is 20.8 Å². The van der Waals surface area contributed by atoms with E-state index in [9.17, 15) is 4.89 Å². The minimum atomic E-state index is -2.68. The third kappa shape index (κ3) is 3.39. The summed E-state index contributed by atoms with van der Waals surface area (Å²) < 4.78 is 0. The first kappa shape index (κ1) is 12.8. The summed E-state index contributed by atoms with van der Waals surface area (Å²) >= 11 is 0. The fourth-order valence-corrected chi connectivity index (χ4v) is 3.74. The van der Waals surface area contributed by atoms with Crippen LogP contribution in [-0.4, -0.2) is 13.1 Å². The molecule has 1 aromatic rings. The van der Waals surface area contributed by atoms with Crippen LogP contribution in [0.4, 0.5) is 5.69 Å². The van der Waals surface area contributed by atoms with Crippen molar-refractivity contribution in [3.05, 3.63) is 29.8 Å². The second-order valence-electron chi connectivity index (χ2n) is 5.42. The number of aryl methyl sites for hydroxylation is 1. The van der Waals surface area contributed by atoms with E-state index in [0.717, 1.165) is 18.8 Å². The molecule has 3 N–H and O–H groups in total. The summed E-state index contributed by atoms with van der Waals surface area (Å²) in [7, 11) is -2.68. The molecular formula is C12H20N3OP. The first-order valence-electron chi connectivity index (χ1n) is 5.84. The zero-order valence-electron chi connectivity index (χ0n) is 10.6. The maximum absolute atomic E-state index is 12.4. The zero-order valence-corrected chi connectivity index (χ0v) is 11.5. The van der Waals surface area contributed by atoms with Crippen molar-refractivity contribution in [2.75, 3.05) is 18.2 Å². The third-order valence-electron chi connectivity index (χ3n) is 2.90. The van der Waals surface area contributed by atoms with Gasteiger partial charge >= 0.3 is 0 Å². The lowest BCUT2D eigenvalue weighted by Gasteiger charge is -2.41.